The molecular formula is C42H52N6O9S2. The largest absolute Gasteiger partial charge is 0.491 e. The molecule has 2 saturated carbocycles. The fourth-order valence-electron chi connectivity index (χ4n) is 8.08. The van der Waals surface area contributed by atoms with Crippen LogP contribution in [0.2, 0.25) is 0 Å². The molecule has 4 heterocycles. The Balaban J connectivity index is 1.22. The van der Waals surface area contributed by atoms with E-state index < -0.39 is 74.1 Å². The number of fused-ring (bicyclic) bond motifs is 2. The minimum Gasteiger partial charge on any atom is -0.491 e. The smallest absolute Gasteiger partial charge is 0.405 e. The summed E-state index contributed by atoms with van der Waals surface area (Å²) < 4.78 is 40.1. The minimum absolute atomic E-state index is 0.000980. The van der Waals surface area contributed by atoms with Crippen LogP contribution >= 0.6 is 11.3 Å². The Morgan fingerprint density at radius 3 is 2.46 bits per heavy atom. The zero-order valence-electron chi connectivity index (χ0n) is 33.8. The van der Waals surface area contributed by atoms with Crippen molar-refractivity contribution in [2.45, 2.75) is 114 Å². The van der Waals surface area contributed by atoms with E-state index in [1.165, 1.54) is 16.2 Å². The Bertz CT molecular complexity index is 2210. The summed E-state index contributed by atoms with van der Waals surface area (Å²) in [5.74, 6) is -1.75. The van der Waals surface area contributed by atoms with Crippen molar-refractivity contribution in [3.8, 4) is 33.5 Å². The molecule has 15 nitrogen and oxygen atoms in total. The minimum atomic E-state index is -4.02. The van der Waals surface area contributed by atoms with E-state index in [4.69, 9.17) is 14.5 Å². The van der Waals surface area contributed by atoms with Gasteiger partial charge in [0.25, 0.3) is 5.91 Å². The number of allylic oxidation sites excluding steroid dienone is 1. The number of sulfonamides is 1. The summed E-state index contributed by atoms with van der Waals surface area (Å²) in [6.07, 6.45) is 6.27. The maximum atomic E-state index is 14.6. The van der Waals surface area contributed by atoms with E-state index in [9.17, 15) is 32.7 Å². The van der Waals surface area contributed by atoms with Crippen LogP contribution in [-0.4, -0.2) is 93.3 Å². The number of carboxylic acid groups (broad SMARTS) is 1. The Kier molecular flexibility index (Phi) is 11.8. The van der Waals surface area contributed by atoms with Crippen LogP contribution in [0.5, 0.6) is 11.5 Å². The number of nitrogens with zero attached hydrogens (tertiary/aromatic N) is 3. The normalized spacial score (nSPS) is 28.0. The molecule has 0 spiro atoms. The zero-order chi connectivity index (χ0) is 42.3. The molecule has 7 atom stereocenters. The van der Waals surface area contributed by atoms with Gasteiger partial charge in [-0.2, -0.15) is 0 Å². The highest BCUT2D eigenvalue weighted by Gasteiger charge is 2.63. The Morgan fingerprint density at radius 1 is 1.07 bits per heavy atom. The van der Waals surface area contributed by atoms with Crippen molar-refractivity contribution >= 4 is 45.2 Å². The van der Waals surface area contributed by atoms with Gasteiger partial charge in [-0.25, -0.2) is 23.2 Å². The number of carbonyl (C=O) groups excluding carboxylic acids is 3. The first-order valence-electron chi connectivity index (χ1n) is 20.2. The van der Waals surface area contributed by atoms with Gasteiger partial charge in [0.05, 0.1) is 23.1 Å². The van der Waals surface area contributed by atoms with Crippen molar-refractivity contribution in [3.05, 3.63) is 60.1 Å². The van der Waals surface area contributed by atoms with Gasteiger partial charge in [-0.1, -0.05) is 26.0 Å². The molecule has 2 aliphatic carbocycles. The average Bonchev–Trinajstić information content (AvgIpc) is 3.92. The van der Waals surface area contributed by atoms with E-state index in [1.54, 1.807) is 25.3 Å². The molecule has 4 N–H and O–H groups in total. The highest BCUT2D eigenvalue weighted by atomic mass is 32.2. The van der Waals surface area contributed by atoms with E-state index in [-0.39, 0.29) is 31.4 Å². The highest BCUT2D eigenvalue weighted by Crippen LogP contribution is 2.47. The molecule has 2 aromatic heterocycles. The first kappa shape index (κ1) is 42.1. The fraction of sp³-hybridized carbons (Fsp3) is 0.524. The van der Waals surface area contributed by atoms with Crippen LogP contribution in [0.15, 0.2) is 60.1 Å². The lowest BCUT2D eigenvalue weighted by molar-refractivity contribution is -0.142. The second-order valence-electron chi connectivity index (χ2n) is 17.0. The molecule has 1 aromatic carbocycles. The van der Waals surface area contributed by atoms with Crippen LogP contribution in [0.4, 0.5) is 4.79 Å². The van der Waals surface area contributed by atoms with Crippen molar-refractivity contribution in [1.29, 1.82) is 0 Å². The first-order valence-corrected chi connectivity index (χ1v) is 22.5. The Labute approximate surface area is 348 Å². The van der Waals surface area contributed by atoms with E-state index in [2.05, 4.69) is 20.3 Å². The number of carbonyl (C=O) groups is 4. The summed E-state index contributed by atoms with van der Waals surface area (Å²) in [6.45, 7) is 9.26. The molecule has 0 radical (unpaired) electrons. The quantitative estimate of drug-likeness (QED) is 0.187. The summed E-state index contributed by atoms with van der Waals surface area (Å²) in [5, 5.41) is 17.7. The van der Waals surface area contributed by atoms with Gasteiger partial charge in [-0.3, -0.25) is 19.1 Å². The highest BCUT2D eigenvalue weighted by molar-refractivity contribution is 7.91. The molecule has 316 valence electrons. The third-order valence-corrected chi connectivity index (χ3v) is 14.8. The van der Waals surface area contributed by atoms with E-state index in [1.807, 2.05) is 69.5 Å². The van der Waals surface area contributed by atoms with Crippen LogP contribution in [-0.2, 0) is 24.4 Å². The van der Waals surface area contributed by atoms with Gasteiger partial charge in [0.15, 0.2) is 0 Å². The molecule has 0 bridgehead atoms. The van der Waals surface area contributed by atoms with Crippen molar-refractivity contribution < 1.29 is 42.2 Å². The second-order valence-corrected chi connectivity index (χ2v) is 20.1. The van der Waals surface area contributed by atoms with E-state index in [0.717, 1.165) is 12.0 Å². The lowest BCUT2D eigenvalue weighted by Gasteiger charge is -2.32. The van der Waals surface area contributed by atoms with Crippen molar-refractivity contribution in [3.63, 3.8) is 0 Å². The van der Waals surface area contributed by atoms with Crippen molar-refractivity contribution in [2.24, 2.45) is 17.8 Å². The molecule has 4 aliphatic rings. The molecule has 0 unspecified atom stereocenters. The third kappa shape index (κ3) is 9.25. The summed E-state index contributed by atoms with van der Waals surface area (Å²) in [5.41, 5.74) is 0.379. The van der Waals surface area contributed by atoms with E-state index >= 15 is 0 Å². The van der Waals surface area contributed by atoms with E-state index in [0.29, 0.717) is 53.6 Å². The molecule has 1 saturated heterocycles. The van der Waals surface area contributed by atoms with Crippen LogP contribution in [0.1, 0.15) is 79.6 Å². The molecule has 3 fully saturated rings. The number of thiazole rings is 1. The molecule has 59 heavy (non-hydrogen) atoms. The SMILES string of the molecule is CC(C)Oc1ccc(-c2cc(O[C@@H]3C[C@H]4C(=O)N[C@]5(C(=O)NS(=O)(=O)C6(C)CC6)C[C@H]5C=CCC[C@@H](C)C[C@@H](C)[C@H](NC(=O)O)C(=O)N4C3)cc(-c3nccs3)n2)cc1. The zero-order valence-corrected chi connectivity index (χ0v) is 35.5. The monoisotopic (exact) mass is 848 g/mol. The number of rotatable bonds is 10. The van der Waals surface area contributed by atoms with Crippen LogP contribution in [0.25, 0.3) is 22.0 Å². The fourth-order valence-corrected chi connectivity index (χ4v) is 9.99. The standard InChI is InChI=1S/C42H52N6O9S2/c1-24(2)56-29-12-10-27(11-13-29)32-19-30(20-33(44-32)37-43-16-17-58-37)57-31-21-34-36(49)46-42(39(51)47-59(54,55)41(5)14-15-41)22-28(42)9-7-6-8-25(3)18-26(4)35(45-40(52)53)38(50)48(34)23-31/h7,9-13,16-17,19-20,24-26,28,31,34-35,45H,6,8,14-15,18,21-23H2,1-5H3,(H,46,49)(H,47,51)(H,52,53)/t25-,26-,28-,31-,34+,35+,42-/m1/s1. The maximum absolute atomic E-state index is 14.6. The van der Waals surface area contributed by atoms with Gasteiger partial charge in [-0.05, 0) is 95.4 Å². The molecule has 17 heteroatoms. The summed E-state index contributed by atoms with van der Waals surface area (Å²) in [6, 6.07) is 8.67. The van der Waals surface area contributed by atoms with Gasteiger partial charge < -0.3 is 30.1 Å². The summed E-state index contributed by atoms with van der Waals surface area (Å²) in [7, 11) is -4.02. The molecule has 3 aromatic rings. The number of hydrogen-bond donors (Lipinski definition) is 4. The predicted molar refractivity (Wildman–Crippen MR) is 221 cm³/mol. The molecule has 7 rings (SSSR count). The Hall–Kier alpha value is -5.03. The first-order chi connectivity index (χ1) is 28.0. The number of aromatic nitrogens is 2. The lowest BCUT2D eigenvalue weighted by Crippen LogP contribution is -2.59. The topological polar surface area (TPSA) is 206 Å². The van der Waals surface area contributed by atoms with Crippen LogP contribution < -0.4 is 24.8 Å². The number of ether oxygens (including phenoxy) is 2. The summed E-state index contributed by atoms with van der Waals surface area (Å²) in [4.78, 5) is 65.8. The predicted octanol–water partition coefficient (Wildman–Crippen LogP) is 5.53. The average molecular weight is 849 g/mol. The number of amides is 4. The number of hydrogen-bond acceptors (Lipinski definition) is 11. The number of pyridine rings is 1. The molecular weight excluding hydrogens is 797 g/mol. The van der Waals surface area contributed by atoms with Crippen LogP contribution in [0, 0.1) is 17.8 Å². The van der Waals surface area contributed by atoms with Gasteiger partial charge in [0, 0.05) is 41.6 Å². The molecule has 2 aliphatic heterocycles. The Morgan fingerprint density at radius 2 is 1.80 bits per heavy atom. The molecule has 4 amide bonds. The maximum Gasteiger partial charge on any atom is 0.405 e. The summed E-state index contributed by atoms with van der Waals surface area (Å²) >= 11 is 1.41. The lowest BCUT2D eigenvalue weighted by atomic mass is 9.88. The van der Waals surface area contributed by atoms with Gasteiger partial charge in [0.2, 0.25) is 21.8 Å². The van der Waals surface area contributed by atoms with Crippen LogP contribution in [0.3, 0.4) is 0 Å². The third-order valence-electron chi connectivity index (χ3n) is 11.8. The number of nitrogens with one attached hydrogen (secondary N) is 3. The van der Waals surface area contributed by atoms with Gasteiger partial charge in [0.1, 0.15) is 45.9 Å². The van der Waals surface area contributed by atoms with Gasteiger partial charge >= 0.3 is 6.09 Å². The van der Waals surface area contributed by atoms with Crippen molar-refractivity contribution in [2.75, 3.05) is 6.54 Å². The van der Waals surface area contributed by atoms with Crippen molar-refractivity contribution in [1.82, 2.24) is 30.2 Å². The second kappa shape index (κ2) is 16.6. The number of benzene rings is 1. The van der Waals surface area contributed by atoms with Gasteiger partial charge in [-0.15, -0.1) is 11.3 Å².